The number of carbonyl (C=O) groups is 2. The monoisotopic (exact) mass is 454 g/mol. The third kappa shape index (κ3) is 6.21. The molecule has 33 heavy (non-hydrogen) atoms. The number of esters is 1. The Balaban J connectivity index is 1.59. The Morgan fingerprint density at radius 3 is 2.30 bits per heavy atom. The number of amides is 1. The molecule has 176 valence electrons. The van der Waals surface area contributed by atoms with Crippen LogP contribution < -0.4 is 9.80 Å². The van der Waals surface area contributed by atoms with Crippen molar-refractivity contribution in [2.24, 2.45) is 0 Å². The van der Waals surface area contributed by atoms with Gasteiger partial charge in [-0.1, -0.05) is 12.1 Å². The Bertz CT molecular complexity index is 1000. The standard InChI is InChI=1S/C24H30N4O5/c1-25(2)20-10-7-18(8-11-20)16-26(3)23(29)17-33-24(30)19-9-12-21(22(15-19)28(31)32)27-13-5-4-6-14-27/h7-12,15H,4-6,13-14,16-17H2,1-3H3. The predicted molar refractivity (Wildman–Crippen MR) is 127 cm³/mol. The summed E-state index contributed by atoms with van der Waals surface area (Å²) in [4.78, 5) is 41.4. The van der Waals surface area contributed by atoms with Crippen LogP contribution in [-0.2, 0) is 16.1 Å². The second-order valence-electron chi connectivity index (χ2n) is 8.40. The van der Waals surface area contributed by atoms with Gasteiger partial charge in [0.2, 0.25) is 0 Å². The second kappa shape index (κ2) is 10.8. The zero-order valence-electron chi connectivity index (χ0n) is 19.3. The molecular weight excluding hydrogens is 424 g/mol. The highest BCUT2D eigenvalue weighted by molar-refractivity contribution is 5.93. The van der Waals surface area contributed by atoms with Crippen molar-refractivity contribution >= 4 is 28.9 Å². The molecule has 1 fully saturated rings. The summed E-state index contributed by atoms with van der Waals surface area (Å²) in [7, 11) is 5.54. The topological polar surface area (TPSA) is 96.2 Å². The number of anilines is 2. The summed E-state index contributed by atoms with van der Waals surface area (Å²) in [5.41, 5.74) is 2.44. The lowest BCUT2D eigenvalue weighted by molar-refractivity contribution is -0.384. The summed E-state index contributed by atoms with van der Waals surface area (Å²) in [6.07, 6.45) is 3.07. The van der Waals surface area contributed by atoms with Gasteiger partial charge in [-0.2, -0.15) is 0 Å². The Morgan fingerprint density at radius 2 is 1.70 bits per heavy atom. The van der Waals surface area contributed by atoms with Crippen LogP contribution >= 0.6 is 0 Å². The maximum atomic E-state index is 12.5. The zero-order chi connectivity index (χ0) is 24.0. The van der Waals surface area contributed by atoms with Gasteiger partial charge < -0.3 is 19.4 Å². The molecule has 0 saturated carbocycles. The highest BCUT2D eigenvalue weighted by Crippen LogP contribution is 2.31. The molecule has 1 aliphatic heterocycles. The molecular formula is C24H30N4O5. The van der Waals surface area contributed by atoms with Gasteiger partial charge in [-0.05, 0) is 49.1 Å². The van der Waals surface area contributed by atoms with Crippen molar-refractivity contribution in [3.05, 3.63) is 63.7 Å². The minimum absolute atomic E-state index is 0.0530. The average molecular weight is 455 g/mol. The van der Waals surface area contributed by atoms with Crippen LogP contribution in [0.4, 0.5) is 17.1 Å². The van der Waals surface area contributed by atoms with E-state index < -0.39 is 17.5 Å². The first-order valence-corrected chi connectivity index (χ1v) is 11.0. The predicted octanol–water partition coefficient (Wildman–Crippen LogP) is 3.47. The van der Waals surface area contributed by atoms with Crippen LogP contribution in [0.2, 0.25) is 0 Å². The number of rotatable bonds is 8. The van der Waals surface area contributed by atoms with Crippen molar-refractivity contribution in [3.63, 3.8) is 0 Å². The molecule has 9 nitrogen and oxygen atoms in total. The van der Waals surface area contributed by atoms with Gasteiger partial charge in [0.25, 0.3) is 11.6 Å². The maximum absolute atomic E-state index is 12.5. The van der Waals surface area contributed by atoms with Crippen LogP contribution in [0.5, 0.6) is 0 Å². The number of hydrogen-bond acceptors (Lipinski definition) is 7. The molecule has 0 atom stereocenters. The maximum Gasteiger partial charge on any atom is 0.338 e. The Kier molecular flexibility index (Phi) is 7.87. The lowest BCUT2D eigenvalue weighted by atomic mass is 10.1. The van der Waals surface area contributed by atoms with E-state index in [0.717, 1.165) is 43.6 Å². The summed E-state index contributed by atoms with van der Waals surface area (Å²) in [6, 6.07) is 12.1. The van der Waals surface area contributed by atoms with Gasteiger partial charge in [0, 0.05) is 52.5 Å². The SMILES string of the molecule is CN(Cc1ccc(N(C)C)cc1)C(=O)COC(=O)c1ccc(N2CCCCC2)c([N+](=O)[O-])c1. The van der Waals surface area contributed by atoms with Crippen molar-refractivity contribution in [1.29, 1.82) is 0 Å². The lowest BCUT2D eigenvalue weighted by Gasteiger charge is -2.28. The average Bonchev–Trinajstić information content (AvgIpc) is 2.82. The number of piperidine rings is 1. The molecule has 0 aromatic heterocycles. The molecule has 9 heteroatoms. The van der Waals surface area contributed by atoms with Gasteiger partial charge in [0.1, 0.15) is 5.69 Å². The van der Waals surface area contributed by atoms with Crippen LogP contribution in [0, 0.1) is 10.1 Å². The molecule has 0 radical (unpaired) electrons. The van der Waals surface area contributed by atoms with E-state index in [0.29, 0.717) is 12.2 Å². The van der Waals surface area contributed by atoms with Crippen LogP contribution in [0.25, 0.3) is 0 Å². The molecule has 1 amide bonds. The van der Waals surface area contributed by atoms with Gasteiger partial charge in [-0.25, -0.2) is 4.79 Å². The number of benzene rings is 2. The van der Waals surface area contributed by atoms with E-state index in [1.54, 1.807) is 13.1 Å². The van der Waals surface area contributed by atoms with Crippen LogP contribution in [0.3, 0.4) is 0 Å². The fraction of sp³-hybridized carbons (Fsp3) is 0.417. The smallest absolute Gasteiger partial charge is 0.338 e. The molecule has 0 unspecified atom stereocenters. The molecule has 0 spiro atoms. The number of nitrogens with zero attached hydrogens (tertiary/aromatic N) is 4. The largest absolute Gasteiger partial charge is 0.452 e. The normalized spacial score (nSPS) is 13.4. The number of likely N-dealkylation sites (N-methyl/N-ethyl adjacent to an activating group) is 1. The summed E-state index contributed by atoms with van der Waals surface area (Å²) >= 11 is 0. The van der Waals surface area contributed by atoms with Crippen molar-refractivity contribution in [2.45, 2.75) is 25.8 Å². The lowest BCUT2D eigenvalue weighted by Crippen LogP contribution is -2.31. The third-order valence-electron chi connectivity index (χ3n) is 5.73. The molecule has 0 aliphatic carbocycles. The minimum Gasteiger partial charge on any atom is -0.452 e. The highest BCUT2D eigenvalue weighted by atomic mass is 16.6. The van der Waals surface area contributed by atoms with E-state index in [-0.39, 0.29) is 17.2 Å². The fourth-order valence-corrected chi connectivity index (χ4v) is 3.78. The number of nitro groups is 1. The zero-order valence-corrected chi connectivity index (χ0v) is 19.3. The summed E-state index contributed by atoms with van der Waals surface area (Å²) in [6.45, 7) is 1.44. The molecule has 2 aromatic rings. The van der Waals surface area contributed by atoms with Gasteiger partial charge in [-0.3, -0.25) is 14.9 Å². The molecule has 0 N–H and O–H groups in total. The summed E-state index contributed by atoms with van der Waals surface area (Å²) in [5, 5.41) is 11.6. The van der Waals surface area contributed by atoms with Gasteiger partial charge in [-0.15, -0.1) is 0 Å². The van der Waals surface area contributed by atoms with E-state index in [2.05, 4.69) is 0 Å². The van der Waals surface area contributed by atoms with Crippen molar-refractivity contribution in [2.75, 3.05) is 50.6 Å². The highest BCUT2D eigenvalue weighted by Gasteiger charge is 2.24. The van der Waals surface area contributed by atoms with Crippen LogP contribution in [0.1, 0.15) is 35.2 Å². The molecule has 3 rings (SSSR count). The number of carbonyl (C=O) groups excluding carboxylic acids is 2. The first-order chi connectivity index (χ1) is 15.8. The quantitative estimate of drug-likeness (QED) is 0.342. The van der Waals surface area contributed by atoms with Gasteiger partial charge in [0.15, 0.2) is 6.61 Å². The molecule has 0 bridgehead atoms. The Hall–Kier alpha value is -3.62. The van der Waals surface area contributed by atoms with Crippen molar-refractivity contribution in [3.8, 4) is 0 Å². The molecule has 1 saturated heterocycles. The number of ether oxygens (including phenoxy) is 1. The molecule has 1 heterocycles. The van der Waals surface area contributed by atoms with E-state index in [9.17, 15) is 19.7 Å². The van der Waals surface area contributed by atoms with Crippen molar-refractivity contribution < 1.29 is 19.2 Å². The Morgan fingerprint density at radius 1 is 1.03 bits per heavy atom. The van der Waals surface area contributed by atoms with Gasteiger partial charge in [0.05, 0.1) is 10.5 Å². The first-order valence-electron chi connectivity index (χ1n) is 11.0. The third-order valence-corrected chi connectivity index (χ3v) is 5.73. The van der Waals surface area contributed by atoms with E-state index in [1.807, 2.05) is 48.2 Å². The van der Waals surface area contributed by atoms with E-state index >= 15 is 0 Å². The second-order valence-corrected chi connectivity index (χ2v) is 8.40. The van der Waals surface area contributed by atoms with Crippen LogP contribution in [-0.4, -0.2) is 62.5 Å². The van der Waals surface area contributed by atoms with Crippen molar-refractivity contribution in [1.82, 2.24) is 4.90 Å². The minimum atomic E-state index is -0.764. The summed E-state index contributed by atoms with van der Waals surface area (Å²) in [5.74, 6) is -1.13. The number of nitro benzene ring substituents is 1. The fourth-order valence-electron chi connectivity index (χ4n) is 3.78. The van der Waals surface area contributed by atoms with Crippen LogP contribution in [0.15, 0.2) is 42.5 Å². The van der Waals surface area contributed by atoms with Gasteiger partial charge >= 0.3 is 5.97 Å². The first kappa shape index (κ1) is 24.0. The molecule has 2 aromatic carbocycles. The summed E-state index contributed by atoms with van der Waals surface area (Å²) < 4.78 is 5.15. The number of hydrogen-bond donors (Lipinski definition) is 0. The van der Waals surface area contributed by atoms with E-state index in [1.165, 1.54) is 17.0 Å². The molecule has 1 aliphatic rings. The van der Waals surface area contributed by atoms with E-state index in [4.69, 9.17) is 4.74 Å². The Labute approximate surface area is 193 Å².